The van der Waals surface area contributed by atoms with Gasteiger partial charge in [-0.15, -0.1) is 0 Å². The Kier molecular flexibility index (Phi) is 3.69. The van der Waals surface area contributed by atoms with E-state index < -0.39 is 4.92 Å². The number of carbonyl (C=O) groups excluding carboxylic acids is 1. The van der Waals surface area contributed by atoms with Crippen molar-refractivity contribution in [3.63, 3.8) is 0 Å². The molecule has 0 unspecified atom stereocenters. The van der Waals surface area contributed by atoms with E-state index in [9.17, 15) is 14.9 Å². The Balaban J connectivity index is 1.62. The van der Waals surface area contributed by atoms with Gasteiger partial charge in [-0.05, 0) is 37.1 Å². The molecule has 1 aromatic heterocycles. The lowest BCUT2D eigenvalue weighted by molar-refractivity contribution is -0.385. The lowest BCUT2D eigenvalue weighted by Crippen LogP contribution is -2.12. The summed E-state index contributed by atoms with van der Waals surface area (Å²) in [5.41, 5.74) is 0.617. The van der Waals surface area contributed by atoms with E-state index in [1.54, 1.807) is 24.3 Å². The summed E-state index contributed by atoms with van der Waals surface area (Å²) in [5.74, 6) is 0.997. The number of ether oxygens (including phenoxy) is 1. The zero-order valence-corrected chi connectivity index (χ0v) is 11.6. The van der Waals surface area contributed by atoms with Gasteiger partial charge in [0, 0.05) is 23.7 Å². The van der Waals surface area contributed by atoms with Crippen molar-refractivity contribution in [2.24, 2.45) is 5.92 Å². The Morgan fingerprint density at radius 3 is 2.50 bits per heavy atom. The summed E-state index contributed by atoms with van der Waals surface area (Å²) in [6.07, 6.45) is 3.05. The van der Waals surface area contributed by atoms with Crippen LogP contribution < -0.4 is 10.1 Å². The molecule has 0 bridgehead atoms. The van der Waals surface area contributed by atoms with Crippen LogP contribution in [0.3, 0.4) is 0 Å². The minimum Gasteiger partial charge on any atom is -0.439 e. The van der Waals surface area contributed by atoms with Gasteiger partial charge in [-0.1, -0.05) is 0 Å². The third-order valence-electron chi connectivity index (χ3n) is 3.22. The molecule has 0 aliphatic heterocycles. The first-order chi connectivity index (χ1) is 10.6. The fourth-order valence-corrected chi connectivity index (χ4v) is 1.86. The van der Waals surface area contributed by atoms with E-state index in [0.29, 0.717) is 11.4 Å². The normalized spacial score (nSPS) is 13.5. The van der Waals surface area contributed by atoms with Crippen molar-refractivity contribution in [3.8, 4) is 11.6 Å². The first-order valence-corrected chi connectivity index (χ1v) is 6.81. The van der Waals surface area contributed by atoms with Crippen molar-refractivity contribution in [1.82, 2.24) is 4.98 Å². The summed E-state index contributed by atoms with van der Waals surface area (Å²) in [5, 5.41) is 13.4. The summed E-state index contributed by atoms with van der Waals surface area (Å²) < 4.78 is 5.49. The second-order valence-electron chi connectivity index (χ2n) is 5.00. The number of rotatable bonds is 5. The molecule has 1 aliphatic carbocycles. The first kappa shape index (κ1) is 14.0. The number of nitrogens with one attached hydrogen (secondary N) is 1. The van der Waals surface area contributed by atoms with Crippen LogP contribution in [0.5, 0.6) is 11.6 Å². The number of amides is 1. The van der Waals surface area contributed by atoms with Crippen LogP contribution in [0.25, 0.3) is 0 Å². The molecule has 1 amide bonds. The zero-order valence-electron chi connectivity index (χ0n) is 11.6. The number of hydrogen-bond acceptors (Lipinski definition) is 5. The topological polar surface area (TPSA) is 94.4 Å². The summed E-state index contributed by atoms with van der Waals surface area (Å²) in [7, 11) is 0. The summed E-state index contributed by atoms with van der Waals surface area (Å²) in [6.45, 7) is 0. The van der Waals surface area contributed by atoms with Crippen LogP contribution in [0.1, 0.15) is 12.8 Å². The minimum atomic E-state index is -0.520. The van der Waals surface area contributed by atoms with E-state index in [1.165, 1.54) is 12.1 Å². The van der Waals surface area contributed by atoms with Crippen LogP contribution >= 0.6 is 0 Å². The third-order valence-corrected chi connectivity index (χ3v) is 3.22. The third kappa shape index (κ3) is 3.38. The minimum absolute atomic E-state index is 0.0469. The van der Waals surface area contributed by atoms with Gasteiger partial charge in [0.1, 0.15) is 11.9 Å². The molecule has 2 aromatic rings. The molecule has 0 atom stereocenters. The van der Waals surface area contributed by atoms with Gasteiger partial charge in [-0.25, -0.2) is 4.98 Å². The van der Waals surface area contributed by atoms with Crippen molar-refractivity contribution >= 4 is 17.3 Å². The fraction of sp³-hybridized carbons (Fsp3) is 0.200. The number of hydrogen-bond donors (Lipinski definition) is 1. The van der Waals surface area contributed by atoms with Crippen molar-refractivity contribution in [2.45, 2.75) is 12.8 Å². The van der Waals surface area contributed by atoms with Crippen molar-refractivity contribution in [2.75, 3.05) is 5.32 Å². The molecule has 0 saturated heterocycles. The van der Waals surface area contributed by atoms with Crippen LogP contribution in [-0.4, -0.2) is 15.8 Å². The Hall–Kier alpha value is -2.96. The predicted octanol–water partition coefficient (Wildman–Crippen LogP) is 3.13. The maximum Gasteiger partial charge on any atom is 0.287 e. The summed E-state index contributed by atoms with van der Waals surface area (Å²) in [4.78, 5) is 25.5. The largest absolute Gasteiger partial charge is 0.439 e. The smallest absolute Gasteiger partial charge is 0.287 e. The van der Waals surface area contributed by atoms with E-state index in [4.69, 9.17) is 4.74 Å². The van der Waals surface area contributed by atoms with Gasteiger partial charge in [0.2, 0.25) is 11.8 Å². The Morgan fingerprint density at radius 1 is 1.23 bits per heavy atom. The molecule has 1 saturated carbocycles. The second kappa shape index (κ2) is 5.80. The molecule has 3 rings (SSSR count). The molecule has 1 heterocycles. The van der Waals surface area contributed by atoms with Crippen LogP contribution in [0.15, 0.2) is 42.6 Å². The van der Waals surface area contributed by atoms with Gasteiger partial charge < -0.3 is 10.1 Å². The number of carbonyl (C=O) groups is 1. The highest BCUT2D eigenvalue weighted by atomic mass is 16.6. The van der Waals surface area contributed by atoms with Gasteiger partial charge in [0.25, 0.3) is 5.69 Å². The monoisotopic (exact) mass is 299 g/mol. The van der Waals surface area contributed by atoms with E-state index in [0.717, 1.165) is 19.0 Å². The lowest BCUT2D eigenvalue weighted by Gasteiger charge is -2.07. The summed E-state index contributed by atoms with van der Waals surface area (Å²) >= 11 is 0. The van der Waals surface area contributed by atoms with Crippen LogP contribution in [0.4, 0.5) is 11.4 Å². The molecule has 22 heavy (non-hydrogen) atoms. The maximum atomic E-state index is 11.6. The SMILES string of the molecule is O=C(Nc1ccc(Oc2ccc([N+](=O)[O-])cn2)cc1)C1CC1. The van der Waals surface area contributed by atoms with E-state index >= 15 is 0 Å². The Morgan fingerprint density at radius 2 is 1.95 bits per heavy atom. The number of benzene rings is 1. The van der Waals surface area contributed by atoms with Crippen molar-refractivity contribution < 1.29 is 14.5 Å². The highest BCUT2D eigenvalue weighted by molar-refractivity contribution is 5.94. The Bertz CT molecular complexity index is 694. The van der Waals surface area contributed by atoms with Crippen molar-refractivity contribution in [1.29, 1.82) is 0 Å². The molecule has 7 nitrogen and oxygen atoms in total. The van der Waals surface area contributed by atoms with Gasteiger partial charge >= 0.3 is 0 Å². The second-order valence-corrected chi connectivity index (χ2v) is 5.00. The molecule has 1 aliphatic rings. The average molecular weight is 299 g/mol. The average Bonchev–Trinajstić information content (AvgIpc) is 3.34. The first-order valence-electron chi connectivity index (χ1n) is 6.81. The number of nitro groups is 1. The molecule has 1 fully saturated rings. The Labute approximate surface area is 126 Å². The number of aromatic nitrogens is 1. The standard InChI is InChI=1S/C15H13N3O4/c19-15(10-1-2-10)17-11-3-6-13(7-4-11)22-14-8-5-12(9-16-14)18(20)21/h3-10H,1-2H2,(H,17,19). The highest BCUT2D eigenvalue weighted by Gasteiger charge is 2.29. The molecular weight excluding hydrogens is 286 g/mol. The van der Waals surface area contributed by atoms with Crippen LogP contribution in [-0.2, 0) is 4.79 Å². The molecule has 112 valence electrons. The van der Waals surface area contributed by atoms with Crippen molar-refractivity contribution in [3.05, 3.63) is 52.7 Å². The predicted molar refractivity (Wildman–Crippen MR) is 78.8 cm³/mol. The van der Waals surface area contributed by atoms with Gasteiger partial charge in [0.15, 0.2) is 0 Å². The van der Waals surface area contributed by atoms with E-state index in [-0.39, 0.29) is 23.4 Å². The number of anilines is 1. The molecule has 1 aromatic carbocycles. The van der Waals surface area contributed by atoms with Crippen LogP contribution in [0, 0.1) is 16.0 Å². The maximum absolute atomic E-state index is 11.6. The zero-order chi connectivity index (χ0) is 15.5. The van der Waals surface area contributed by atoms with Gasteiger partial charge in [-0.2, -0.15) is 0 Å². The highest BCUT2D eigenvalue weighted by Crippen LogP contribution is 2.30. The molecule has 7 heteroatoms. The molecule has 0 spiro atoms. The molecular formula is C15H13N3O4. The number of pyridine rings is 1. The van der Waals surface area contributed by atoms with Gasteiger partial charge in [-0.3, -0.25) is 14.9 Å². The van der Waals surface area contributed by atoms with E-state index in [1.807, 2.05) is 0 Å². The fourth-order valence-electron chi connectivity index (χ4n) is 1.86. The van der Waals surface area contributed by atoms with Crippen LogP contribution in [0.2, 0.25) is 0 Å². The molecule has 0 radical (unpaired) electrons. The number of nitrogens with zero attached hydrogens (tertiary/aromatic N) is 2. The van der Waals surface area contributed by atoms with Gasteiger partial charge in [0.05, 0.1) is 4.92 Å². The quantitative estimate of drug-likeness (QED) is 0.676. The molecule has 1 N–H and O–H groups in total. The lowest BCUT2D eigenvalue weighted by atomic mass is 10.3. The van der Waals surface area contributed by atoms with E-state index in [2.05, 4.69) is 10.3 Å². The summed E-state index contributed by atoms with van der Waals surface area (Å²) in [6, 6.07) is 9.63.